The summed E-state index contributed by atoms with van der Waals surface area (Å²) in [5.74, 6) is 0. The van der Waals surface area contributed by atoms with E-state index in [4.69, 9.17) is 4.74 Å². The summed E-state index contributed by atoms with van der Waals surface area (Å²) in [4.78, 5) is 27.3. The highest BCUT2D eigenvalue weighted by molar-refractivity contribution is 7.22. The number of anilines is 1. The number of ether oxygens (including phenoxy) is 1. The molecule has 1 saturated heterocycles. The van der Waals surface area contributed by atoms with Crippen LogP contribution in [0, 0.1) is 10.1 Å². The molecule has 1 fully saturated rings. The highest BCUT2D eigenvalue weighted by atomic mass is 32.1. The number of rotatable bonds is 2. The number of hydrogen-bond acceptors (Lipinski definition) is 6. The van der Waals surface area contributed by atoms with Gasteiger partial charge in [0, 0.05) is 12.1 Å². The molecule has 2 heterocycles. The second kappa shape index (κ2) is 3.91. The van der Waals surface area contributed by atoms with Gasteiger partial charge in [-0.25, -0.2) is 14.7 Å². The van der Waals surface area contributed by atoms with Crippen LogP contribution in [0.2, 0.25) is 0 Å². The van der Waals surface area contributed by atoms with Crippen LogP contribution < -0.4 is 4.90 Å². The van der Waals surface area contributed by atoms with Crippen molar-refractivity contribution in [3.63, 3.8) is 0 Å². The summed E-state index contributed by atoms with van der Waals surface area (Å²) in [5.41, 5.74) is 0.655. The van der Waals surface area contributed by atoms with Crippen molar-refractivity contribution in [2.75, 3.05) is 18.1 Å². The van der Waals surface area contributed by atoms with Crippen LogP contribution in [0.3, 0.4) is 0 Å². The Morgan fingerprint density at radius 3 is 3.00 bits per heavy atom. The highest BCUT2D eigenvalue weighted by Gasteiger charge is 2.26. The summed E-state index contributed by atoms with van der Waals surface area (Å²) in [6, 6.07) is 4.43. The van der Waals surface area contributed by atoms with E-state index < -0.39 is 11.0 Å². The fourth-order valence-corrected chi connectivity index (χ4v) is 2.71. The van der Waals surface area contributed by atoms with Gasteiger partial charge in [-0.05, 0) is 6.07 Å². The number of carbonyl (C=O) groups is 1. The maximum atomic E-state index is 11.4. The van der Waals surface area contributed by atoms with E-state index in [9.17, 15) is 14.9 Å². The summed E-state index contributed by atoms with van der Waals surface area (Å²) in [6.45, 7) is 0.801. The van der Waals surface area contributed by atoms with Gasteiger partial charge in [0.25, 0.3) is 5.69 Å². The molecule has 0 spiro atoms. The second-order valence-corrected chi connectivity index (χ2v) is 4.68. The largest absolute Gasteiger partial charge is 0.447 e. The van der Waals surface area contributed by atoms with E-state index in [1.165, 1.54) is 28.4 Å². The lowest BCUT2D eigenvalue weighted by Gasteiger charge is -2.06. The molecule has 7 nitrogen and oxygen atoms in total. The predicted molar refractivity (Wildman–Crippen MR) is 65.0 cm³/mol. The topological polar surface area (TPSA) is 85.6 Å². The monoisotopic (exact) mass is 265 g/mol. The average molecular weight is 265 g/mol. The molecule has 1 aromatic heterocycles. The number of thiazole rings is 1. The molecule has 92 valence electrons. The first-order valence-electron chi connectivity index (χ1n) is 5.14. The Labute approximate surface area is 105 Å². The van der Waals surface area contributed by atoms with Gasteiger partial charge >= 0.3 is 6.09 Å². The number of amides is 1. The molecule has 8 heteroatoms. The van der Waals surface area contributed by atoms with Crippen LogP contribution in [0.1, 0.15) is 0 Å². The lowest BCUT2D eigenvalue weighted by Crippen LogP contribution is -2.22. The van der Waals surface area contributed by atoms with Gasteiger partial charge in [-0.15, -0.1) is 0 Å². The van der Waals surface area contributed by atoms with E-state index in [1.807, 2.05) is 0 Å². The second-order valence-electron chi connectivity index (χ2n) is 3.67. The summed E-state index contributed by atoms with van der Waals surface area (Å²) >= 11 is 1.24. The normalized spacial score (nSPS) is 15.1. The first-order chi connectivity index (χ1) is 8.65. The van der Waals surface area contributed by atoms with Crippen molar-refractivity contribution in [2.45, 2.75) is 0 Å². The molecule has 0 unspecified atom stereocenters. The molecular weight excluding hydrogens is 258 g/mol. The summed E-state index contributed by atoms with van der Waals surface area (Å²) in [6.07, 6.45) is -0.427. The smallest absolute Gasteiger partial charge is 0.416 e. The molecule has 18 heavy (non-hydrogen) atoms. The van der Waals surface area contributed by atoms with E-state index in [0.29, 0.717) is 28.5 Å². The van der Waals surface area contributed by atoms with Gasteiger partial charge in [-0.3, -0.25) is 10.1 Å². The highest BCUT2D eigenvalue weighted by Crippen LogP contribution is 2.32. The summed E-state index contributed by atoms with van der Waals surface area (Å²) in [7, 11) is 0. The maximum absolute atomic E-state index is 11.4. The Morgan fingerprint density at radius 2 is 2.33 bits per heavy atom. The van der Waals surface area contributed by atoms with Crippen molar-refractivity contribution in [3.8, 4) is 0 Å². The Bertz CT molecular complexity index is 654. The minimum Gasteiger partial charge on any atom is -0.447 e. The van der Waals surface area contributed by atoms with Crippen LogP contribution in [0.5, 0.6) is 0 Å². The van der Waals surface area contributed by atoms with Gasteiger partial charge in [0.1, 0.15) is 6.61 Å². The van der Waals surface area contributed by atoms with Crippen molar-refractivity contribution in [3.05, 3.63) is 28.3 Å². The first kappa shape index (κ1) is 10.9. The Morgan fingerprint density at radius 1 is 1.50 bits per heavy atom. The van der Waals surface area contributed by atoms with E-state index >= 15 is 0 Å². The number of cyclic esters (lactones) is 1. The summed E-state index contributed by atoms with van der Waals surface area (Å²) < 4.78 is 5.50. The van der Waals surface area contributed by atoms with Crippen LogP contribution in [-0.2, 0) is 4.74 Å². The molecule has 3 rings (SSSR count). The minimum atomic E-state index is -0.455. The first-order valence-corrected chi connectivity index (χ1v) is 5.96. The van der Waals surface area contributed by atoms with E-state index in [0.717, 1.165) is 0 Å². The Hall–Kier alpha value is -2.22. The van der Waals surface area contributed by atoms with Crippen LogP contribution in [0.25, 0.3) is 10.2 Å². The van der Waals surface area contributed by atoms with Crippen molar-refractivity contribution < 1.29 is 14.5 Å². The summed E-state index contributed by atoms with van der Waals surface area (Å²) in [5, 5.41) is 11.2. The van der Waals surface area contributed by atoms with Crippen molar-refractivity contribution in [1.82, 2.24) is 4.98 Å². The molecule has 0 radical (unpaired) electrons. The molecule has 2 aromatic rings. The van der Waals surface area contributed by atoms with Gasteiger partial charge < -0.3 is 4.74 Å². The number of carbonyl (C=O) groups excluding carboxylic acids is 1. The number of nitro groups is 1. The number of aromatic nitrogens is 1. The molecule has 1 aliphatic heterocycles. The zero-order valence-corrected chi connectivity index (χ0v) is 9.85. The third-order valence-electron chi connectivity index (χ3n) is 2.56. The van der Waals surface area contributed by atoms with Gasteiger partial charge in [0.15, 0.2) is 5.13 Å². The molecule has 0 aliphatic carbocycles. The fraction of sp³-hybridized carbons (Fsp3) is 0.200. The molecule has 1 amide bonds. The SMILES string of the molecule is O=C1OCCN1c1nc2ccc([N+](=O)[O-])cc2s1. The number of nitro benzene ring substituents is 1. The minimum absolute atomic E-state index is 0.0155. The lowest BCUT2D eigenvalue weighted by molar-refractivity contribution is -0.384. The third-order valence-corrected chi connectivity index (χ3v) is 3.60. The molecule has 0 bridgehead atoms. The van der Waals surface area contributed by atoms with Gasteiger partial charge in [0.05, 0.1) is 21.7 Å². The van der Waals surface area contributed by atoms with Gasteiger partial charge in [-0.1, -0.05) is 11.3 Å². The van der Waals surface area contributed by atoms with Crippen LogP contribution in [-0.4, -0.2) is 29.2 Å². The molecular formula is C10H7N3O4S. The molecule has 0 N–H and O–H groups in total. The number of benzene rings is 1. The van der Waals surface area contributed by atoms with E-state index in [2.05, 4.69) is 4.98 Å². The van der Waals surface area contributed by atoms with Crippen molar-refractivity contribution in [2.24, 2.45) is 0 Å². The number of fused-ring (bicyclic) bond motifs is 1. The van der Waals surface area contributed by atoms with E-state index in [1.54, 1.807) is 6.07 Å². The number of hydrogen-bond donors (Lipinski definition) is 0. The third kappa shape index (κ3) is 1.66. The molecule has 1 aliphatic rings. The Balaban J connectivity index is 2.05. The van der Waals surface area contributed by atoms with E-state index in [-0.39, 0.29) is 5.69 Å². The predicted octanol–water partition coefficient (Wildman–Crippen LogP) is 2.16. The standard InChI is InChI=1S/C10H7N3O4S/c14-10-12(3-4-17-10)9-11-7-2-1-6(13(15)16)5-8(7)18-9/h1-2,5H,3-4H2. The quantitative estimate of drug-likeness (QED) is 0.613. The Kier molecular flexibility index (Phi) is 2.37. The molecule has 1 aromatic carbocycles. The zero-order chi connectivity index (χ0) is 12.7. The number of nitrogens with zero attached hydrogens (tertiary/aromatic N) is 3. The lowest BCUT2D eigenvalue weighted by atomic mass is 10.3. The molecule has 0 saturated carbocycles. The van der Waals surface area contributed by atoms with Crippen molar-refractivity contribution in [1.29, 1.82) is 0 Å². The average Bonchev–Trinajstić information content (AvgIpc) is 2.92. The maximum Gasteiger partial charge on any atom is 0.416 e. The zero-order valence-electron chi connectivity index (χ0n) is 9.03. The number of non-ortho nitro benzene ring substituents is 1. The van der Waals surface area contributed by atoms with Crippen molar-refractivity contribution >= 4 is 38.5 Å². The fourth-order valence-electron chi connectivity index (χ4n) is 1.70. The molecule has 0 atom stereocenters. The van der Waals surface area contributed by atoms with Crippen LogP contribution >= 0.6 is 11.3 Å². The van der Waals surface area contributed by atoms with Crippen LogP contribution in [0.4, 0.5) is 15.6 Å². The van der Waals surface area contributed by atoms with Gasteiger partial charge in [-0.2, -0.15) is 0 Å². The van der Waals surface area contributed by atoms with Gasteiger partial charge in [0.2, 0.25) is 0 Å². The van der Waals surface area contributed by atoms with Crippen LogP contribution in [0.15, 0.2) is 18.2 Å².